The van der Waals surface area contributed by atoms with Crippen molar-refractivity contribution < 1.29 is 10.2 Å². The van der Waals surface area contributed by atoms with Crippen LogP contribution in [0.3, 0.4) is 0 Å². The Labute approximate surface area is 133 Å². The Kier molecular flexibility index (Phi) is 2.53. The van der Waals surface area contributed by atoms with Crippen molar-refractivity contribution in [3.05, 3.63) is 69.9 Å². The summed E-state index contributed by atoms with van der Waals surface area (Å²) in [7, 11) is 0. The highest BCUT2D eigenvalue weighted by Gasteiger charge is 2.33. The van der Waals surface area contributed by atoms with Crippen LogP contribution in [0.15, 0.2) is 48.4 Å². The van der Waals surface area contributed by atoms with Crippen LogP contribution in [0.4, 0.5) is 0 Å². The van der Waals surface area contributed by atoms with Crippen molar-refractivity contribution in [1.29, 1.82) is 0 Å². The van der Waals surface area contributed by atoms with E-state index in [0.29, 0.717) is 12.2 Å². The van der Waals surface area contributed by atoms with Gasteiger partial charge in [-0.1, -0.05) is 30.3 Å². The molecule has 2 aromatic rings. The third-order valence-corrected chi connectivity index (χ3v) is 5.23. The monoisotopic (exact) mass is 303 g/mol. The number of benzene rings is 2. The van der Waals surface area contributed by atoms with Crippen molar-refractivity contribution in [3.8, 4) is 0 Å². The molecule has 0 spiro atoms. The lowest BCUT2D eigenvalue weighted by Crippen LogP contribution is -2.41. The highest BCUT2D eigenvalue weighted by Crippen LogP contribution is 2.32. The van der Waals surface area contributed by atoms with E-state index in [0.717, 1.165) is 38.8 Å². The predicted octanol–water partition coefficient (Wildman–Crippen LogP) is 1.99. The van der Waals surface area contributed by atoms with Crippen molar-refractivity contribution in [2.75, 3.05) is 0 Å². The van der Waals surface area contributed by atoms with Crippen LogP contribution in [0.1, 0.15) is 23.7 Å². The van der Waals surface area contributed by atoms with Gasteiger partial charge in [0.1, 0.15) is 11.9 Å². The average molecular weight is 303 g/mol. The lowest BCUT2D eigenvalue weighted by molar-refractivity contribution is 0.101. The summed E-state index contributed by atoms with van der Waals surface area (Å²) in [6.07, 6.45) is 11.0. The van der Waals surface area contributed by atoms with E-state index in [1.807, 2.05) is 24.3 Å². The first kappa shape index (κ1) is 13.0. The second-order valence-electron chi connectivity index (χ2n) is 6.45. The van der Waals surface area contributed by atoms with E-state index in [1.54, 1.807) is 0 Å². The molecule has 2 aromatic carbocycles. The Morgan fingerprint density at radius 3 is 2.70 bits per heavy atom. The van der Waals surface area contributed by atoms with Crippen molar-refractivity contribution in [3.63, 3.8) is 0 Å². The number of aliphatic hydroxyl groups excluding tert-OH is 2. The number of rotatable bonds is 0. The zero-order valence-electron chi connectivity index (χ0n) is 12.6. The van der Waals surface area contributed by atoms with E-state index in [4.69, 9.17) is 0 Å². The first-order chi connectivity index (χ1) is 11.2. The van der Waals surface area contributed by atoms with Crippen molar-refractivity contribution in [2.24, 2.45) is 0 Å². The molecule has 0 bridgehead atoms. The molecule has 3 heteroatoms. The van der Waals surface area contributed by atoms with Crippen molar-refractivity contribution >= 4 is 23.0 Å². The molecule has 2 unspecified atom stereocenters. The molecule has 0 amide bonds. The highest BCUT2D eigenvalue weighted by molar-refractivity contribution is 5.88. The third kappa shape index (κ3) is 1.68. The standard InChI is InChI=1S/C20H17NO2/c22-12-7-8-15-16(10-12)13-4-1-2-5-14(13)17-11-21-9-3-6-18(21)20(23)19(15)17/h1-5,7,9-11,18,20,22-23H,6,8H2. The van der Waals surface area contributed by atoms with Crippen LogP contribution in [-0.4, -0.2) is 21.2 Å². The Hall–Kier alpha value is -2.52. The fourth-order valence-corrected chi connectivity index (χ4v) is 4.17. The predicted molar refractivity (Wildman–Crippen MR) is 90.9 cm³/mol. The van der Waals surface area contributed by atoms with E-state index in [9.17, 15) is 10.2 Å². The summed E-state index contributed by atoms with van der Waals surface area (Å²) >= 11 is 0. The minimum atomic E-state index is -0.509. The number of nitrogens with zero attached hydrogens (tertiary/aromatic N) is 1. The van der Waals surface area contributed by atoms with Crippen LogP contribution in [-0.2, 0) is 6.42 Å². The highest BCUT2D eigenvalue weighted by atomic mass is 16.3. The van der Waals surface area contributed by atoms with Gasteiger partial charge in [-0.25, -0.2) is 0 Å². The van der Waals surface area contributed by atoms with Crippen LogP contribution < -0.4 is 10.4 Å². The minimum absolute atomic E-state index is 0.0901. The Morgan fingerprint density at radius 1 is 1.09 bits per heavy atom. The van der Waals surface area contributed by atoms with E-state index >= 15 is 0 Å². The summed E-state index contributed by atoms with van der Waals surface area (Å²) in [6, 6.07) is 8.33. The summed E-state index contributed by atoms with van der Waals surface area (Å²) in [5, 5.41) is 25.4. The fraction of sp³-hybridized carbons (Fsp3) is 0.200. The molecule has 2 heterocycles. The van der Waals surface area contributed by atoms with Gasteiger partial charge in [-0.2, -0.15) is 0 Å². The van der Waals surface area contributed by atoms with Gasteiger partial charge < -0.3 is 15.1 Å². The van der Waals surface area contributed by atoms with Gasteiger partial charge in [0.25, 0.3) is 0 Å². The molecule has 1 aliphatic carbocycles. The molecule has 0 aromatic heterocycles. The number of aliphatic hydroxyl groups is 2. The summed E-state index contributed by atoms with van der Waals surface area (Å²) in [5.74, 6) is 0.307. The lowest BCUT2D eigenvalue weighted by atomic mass is 9.84. The Morgan fingerprint density at radius 2 is 1.87 bits per heavy atom. The average Bonchev–Trinajstić information content (AvgIpc) is 3.04. The molecule has 0 fully saturated rings. The van der Waals surface area contributed by atoms with Crippen LogP contribution in [0.2, 0.25) is 0 Å². The van der Waals surface area contributed by atoms with Crippen LogP contribution in [0.5, 0.6) is 0 Å². The van der Waals surface area contributed by atoms with Gasteiger partial charge >= 0.3 is 0 Å². The molecular formula is C20H17NO2. The molecule has 0 saturated carbocycles. The molecule has 2 aliphatic heterocycles. The number of fused-ring (bicyclic) bond motifs is 7. The van der Waals surface area contributed by atoms with E-state index in [1.165, 1.54) is 0 Å². The second kappa shape index (κ2) is 4.49. The summed E-state index contributed by atoms with van der Waals surface area (Å²) in [5.41, 5.74) is 2.18. The molecular weight excluding hydrogens is 286 g/mol. The molecule has 5 rings (SSSR count). The van der Waals surface area contributed by atoms with Gasteiger partial charge in [0, 0.05) is 17.6 Å². The van der Waals surface area contributed by atoms with Gasteiger partial charge in [-0.15, -0.1) is 0 Å². The number of hydrogen-bond acceptors (Lipinski definition) is 3. The van der Waals surface area contributed by atoms with Crippen LogP contribution >= 0.6 is 0 Å². The quantitative estimate of drug-likeness (QED) is 0.782. The first-order valence-corrected chi connectivity index (χ1v) is 8.02. The molecule has 3 nitrogen and oxygen atoms in total. The Balaban J connectivity index is 1.99. The van der Waals surface area contributed by atoms with Gasteiger partial charge in [0.15, 0.2) is 0 Å². The first-order valence-electron chi connectivity index (χ1n) is 8.02. The van der Waals surface area contributed by atoms with Crippen molar-refractivity contribution in [2.45, 2.75) is 25.0 Å². The van der Waals surface area contributed by atoms with E-state index < -0.39 is 6.10 Å². The van der Waals surface area contributed by atoms with Gasteiger partial charge in [-0.3, -0.25) is 0 Å². The van der Waals surface area contributed by atoms with Crippen LogP contribution in [0.25, 0.3) is 23.0 Å². The molecule has 2 atom stereocenters. The third-order valence-electron chi connectivity index (χ3n) is 5.23. The Bertz CT molecular complexity index is 1020. The number of hydrogen-bond donors (Lipinski definition) is 2. The van der Waals surface area contributed by atoms with Crippen LogP contribution in [0, 0.1) is 0 Å². The summed E-state index contributed by atoms with van der Waals surface area (Å²) in [6.45, 7) is 0. The molecule has 23 heavy (non-hydrogen) atoms. The van der Waals surface area contributed by atoms with Gasteiger partial charge in [0.2, 0.25) is 0 Å². The van der Waals surface area contributed by atoms with Gasteiger partial charge in [-0.05, 0) is 52.1 Å². The minimum Gasteiger partial charge on any atom is -0.508 e. The smallest absolute Gasteiger partial charge is 0.112 e. The molecule has 3 aliphatic rings. The number of allylic oxidation sites excluding steroid dienone is 2. The largest absolute Gasteiger partial charge is 0.508 e. The van der Waals surface area contributed by atoms with E-state index in [-0.39, 0.29) is 6.04 Å². The second-order valence-corrected chi connectivity index (χ2v) is 6.45. The maximum absolute atomic E-state index is 11.0. The van der Waals surface area contributed by atoms with Crippen molar-refractivity contribution in [1.82, 2.24) is 4.90 Å². The topological polar surface area (TPSA) is 43.7 Å². The van der Waals surface area contributed by atoms with E-state index in [2.05, 4.69) is 35.5 Å². The SMILES string of the molecule is OC1=CCc2c3c(c4ccccc4c2=C1)=CN1C=CCC1C3O. The molecule has 2 N–H and O–H groups in total. The molecule has 0 radical (unpaired) electrons. The normalized spacial score (nSPS) is 24.4. The maximum Gasteiger partial charge on any atom is 0.112 e. The lowest BCUT2D eigenvalue weighted by Gasteiger charge is -2.34. The molecule has 114 valence electrons. The fourth-order valence-electron chi connectivity index (χ4n) is 4.17. The zero-order chi connectivity index (χ0) is 15.6. The zero-order valence-corrected chi connectivity index (χ0v) is 12.6. The summed E-state index contributed by atoms with van der Waals surface area (Å²) < 4.78 is 0. The summed E-state index contributed by atoms with van der Waals surface area (Å²) in [4.78, 5) is 2.13. The maximum atomic E-state index is 11.0. The molecule has 0 saturated heterocycles. The van der Waals surface area contributed by atoms with Gasteiger partial charge in [0.05, 0.1) is 6.04 Å².